The Bertz CT molecular complexity index is 1710. The summed E-state index contributed by atoms with van der Waals surface area (Å²) in [6.45, 7) is 5.13. The molecule has 0 radical (unpaired) electrons. The summed E-state index contributed by atoms with van der Waals surface area (Å²) in [5.74, 6) is -0.555. The zero-order chi connectivity index (χ0) is 27.7. The van der Waals surface area contributed by atoms with Crippen LogP contribution in [0.15, 0.2) is 89.8 Å². The molecule has 8 nitrogen and oxygen atoms in total. The number of carbonyl (C=O) groups is 1. The molecule has 0 fully saturated rings. The molecule has 0 spiro atoms. The number of hydrogen-bond donors (Lipinski definition) is 2. The van der Waals surface area contributed by atoms with Gasteiger partial charge in [-0.05, 0) is 73.7 Å². The second-order valence-corrected chi connectivity index (χ2v) is 12.7. The van der Waals surface area contributed by atoms with Gasteiger partial charge in [0.15, 0.2) is 0 Å². The summed E-state index contributed by atoms with van der Waals surface area (Å²) in [6.07, 6.45) is 1.06. The molecular weight excluding hydrogens is 522 g/mol. The van der Waals surface area contributed by atoms with Crippen molar-refractivity contribution in [3.05, 3.63) is 96.1 Å². The van der Waals surface area contributed by atoms with Crippen LogP contribution >= 0.6 is 0 Å². The van der Waals surface area contributed by atoms with E-state index < -0.39 is 32.0 Å². The predicted molar refractivity (Wildman–Crippen MR) is 153 cm³/mol. The molecule has 0 aliphatic carbocycles. The lowest BCUT2D eigenvalue weighted by Gasteiger charge is -2.29. The second-order valence-electron chi connectivity index (χ2n) is 9.17. The smallest absolute Gasteiger partial charge is 0.261 e. The van der Waals surface area contributed by atoms with Crippen molar-refractivity contribution in [1.82, 2.24) is 0 Å². The third-order valence-corrected chi connectivity index (χ3v) is 8.77. The van der Waals surface area contributed by atoms with Crippen molar-refractivity contribution in [2.24, 2.45) is 0 Å². The van der Waals surface area contributed by atoms with E-state index >= 15 is 0 Å². The van der Waals surface area contributed by atoms with Crippen LogP contribution in [0.4, 0.5) is 17.1 Å². The van der Waals surface area contributed by atoms with Crippen molar-refractivity contribution in [3.63, 3.8) is 0 Å². The number of amides is 1. The fraction of sp³-hybridized carbons (Fsp3) is 0.179. The number of hydrogen-bond acceptors (Lipinski definition) is 5. The molecule has 0 bridgehead atoms. The van der Waals surface area contributed by atoms with Crippen molar-refractivity contribution >= 4 is 53.8 Å². The number of carbonyl (C=O) groups excluding carboxylic acids is 1. The third kappa shape index (κ3) is 5.81. The topological polar surface area (TPSA) is 113 Å². The van der Waals surface area contributed by atoms with E-state index in [0.717, 1.165) is 26.9 Å². The van der Waals surface area contributed by atoms with Crippen LogP contribution in [0.1, 0.15) is 18.1 Å². The Morgan fingerprint density at radius 3 is 2.18 bits per heavy atom. The van der Waals surface area contributed by atoms with E-state index in [1.54, 1.807) is 31.2 Å². The van der Waals surface area contributed by atoms with Crippen LogP contribution in [0.5, 0.6) is 0 Å². The molecule has 0 heterocycles. The third-order valence-electron chi connectivity index (χ3n) is 6.16. The minimum Gasteiger partial charge on any atom is -0.324 e. The molecule has 0 aliphatic heterocycles. The summed E-state index contributed by atoms with van der Waals surface area (Å²) in [7, 11) is -7.67. The molecule has 0 unspecified atom stereocenters. The number of sulfonamides is 2. The average molecular weight is 552 g/mol. The SMILES string of the molecule is Cc1ccc(C)c(N([C@@H](C)C(=O)Nc2ccc(S(=O)(=O)Nc3cccc4ccccc34)cc2)S(C)(=O)=O)c1. The molecule has 10 heteroatoms. The van der Waals surface area contributed by atoms with Crippen LogP contribution in [-0.2, 0) is 24.8 Å². The summed E-state index contributed by atoms with van der Waals surface area (Å²) < 4.78 is 55.1. The van der Waals surface area contributed by atoms with Crippen molar-refractivity contribution < 1.29 is 21.6 Å². The molecule has 0 aliphatic rings. The highest BCUT2D eigenvalue weighted by molar-refractivity contribution is 7.92. The molecule has 0 aromatic heterocycles. The van der Waals surface area contributed by atoms with Crippen LogP contribution in [-0.4, -0.2) is 35.0 Å². The van der Waals surface area contributed by atoms with Crippen LogP contribution in [0.25, 0.3) is 10.8 Å². The first-order valence-corrected chi connectivity index (χ1v) is 15.2. The zero-order valence-corrected chi connectivity index (χ0v) is 23.1. The van der Waals surface area contributed by atoms with Gasteiger partial charge in [0.2, 0.25) is 15.9 Å². The number of rotatable bonds is 8. The maximum Gasteiger partial charge on any atom is 0.261 e. The minimum absolute atomic E-state index is 0.0182. The van der Waals surface area contributed by atoms with Gasteiger partial charge in [-0.2, -0.15) is 0 Å². The van der Waals surface area contributed by atoms with Crippen molar-refractivity contribution in [2.45, 2.75) is 31.7 Å². The van der Waals surface area contributed by atoms with Gasteiger partial charge in [0.1, 0.15) is 6.04 Å². The van der Waals surface area contributed by atoms with Gasteiger partial charge in [-0.1, -0.05) is 48.5 Å². The lowest BCUT2D eigenvalue weighted by Crippen LogP contribution is -2.45. The van der Waals surface area contributed by atoms with E-state index in [0.29, 0.717) is 22.6 Å². The Hall–Kier alpha value is -3.89. The monoisotopic (exact) mass is 551 g/mol. The van der Waals surface area contributed by atoms with E-state index in [1.165, 1.54) is 31.2 Å². The highest BCUT2D eigenvalue weighted by Crippen LogP contribution is 2.28. The van der Waals surface area contributed by atoms with Crippen LogP contribution < -0.4 is 14.3 Å². The Labute approximate surface area is 223 Å². The van der Waals surface area contributed by atoms with E-state index in [1.807, 2.05) is 43.3 Å². The first-order chi connectivity index (χ1) is 17.9. The van der Waals surface area contributed by atoms with Gasteiger partial charge in [-0.3, -0.25) is 13.8 Å². The predicted octanol–water partition coefficient (Wildman–Crippen LogP) is 5.05. The molecular formula is C28H29N3O5S2. The summed E-state index contributed by atoms with van der Waals surface area (Å²) in [5.41, 5.74) is 2.80. The van der Waals surface area contributed by atoms with E-state index in [2.05, 4.69) is 10.0 Å². The second kappa shape index (κ2) is 10.5. The van der Waals surface area contributed by atoms with Gasteiger partial charge in [0.25, 0.3) is 10.0 Å². The summed E-state index contributed by atoms with van der Waals surface area (Å²) in [5, 5.41) is 4.37. The minimum atomic E-state index is -3.89. The zero-order valence-electron chi connectivity index (χ0n) is 21.5. The van der Waals surface area contributed by atoms with Gasteiger partial charge < -0.3 is 5.32 Å². The Morgan fingerprint density at radius 2 is 1.50 bits per heavy atom. The molecule has 1 amide bonds. The fourth-order valence-corrected chi connectivity index (χ4v) is 6.52. The summed E-state index contributed by atoms with van der Waals surface area (Å²) >= 11 is 0. The average Bonchev–Trinajstić information content (AvgIpc) is 2.86. The normalized spacial score (nSPS) is 12.6. The van der Waals surface area contributed by atoms with Crippen LogP contribution in [0.3, 0.4) is 0 Å². The van der Waals surface area contributed by atoms with Gasteiger partial charge in [0.05, 0.1) is 22.5 Å². The van der Waals surface area contributed by atoms with Gasteiger partial charge in [-0.25, -0.2) is 16.8 Å². The first-order valence-electron chi connectivity index (χ1n) is 11.8. The number of nitrogens with one attached hydrogen (secondary N) is 2. The highest BCUT2D eigenvalue weighted by Gasteiger charge is 2.30. The number of anilines is 3. The standard InChI is InChI=1S/C28H29N3O5S2/c1-19-12-13-20(2)27(18-19)31(37(4,33)34)21(3)28(32)29-23-14-16-24(17-15-23)38(35,36)30-26-11-7-9-22-8-5-6-10-25(22)26/h5-18,21,30H,1-4H3,(H,29,32)/t21-/m0/s1. The lowest BCUT2D eigenvalue weighted by atomic mass is 10.1. The molecule has 198 valence electrons. The number of benzene rings is 4. The Morgan fingerprint density at radius 1 is 0.842 bits per heavy atom. The maximum atomic E-state index is 13.1. The van der Waals surface area contributed by atoms with Crippen LogP contribution in [0.2, 0.25) is 0 Å². The molecule has 2 N–H and O–H groups in total. The summed E-state index contributed by atoms with van der Waals surface area (Å²) in [6, 6.07) is 22.9. The highest BCUT2D eigenvalue weighted by atomic mass is 32.2. The number of fused-ring (bicyclic) bond motifs is 1. The lowest BCUT2D eigenvalue weighted by molar-refractivity contribution is -0.116. The fourth-order valence-electron chi connectivity index (χ4n) is 4.22. The van der Waals surface area contributed by atoms with Crippen molar-refractivity contribution in [3.8, 4) is 0 Å². The largest absolute Gasteiger partial charge is 0.324 e. The molecule has 4 rings (SSSR count). The van der Waals surface area contributed by atoms with Gasteiger partial charge >= 0.3 is 0 Å². The molecule has 38 heavy (non-hydrogen) atoms. The van der Waals surface area contributed by atoms with Crippen molar-refractivity contribution in [1.29, 1.82) is 0 Å². The first kappa shape index (κ1) is 27.2. The van der Waals surface area contributed by atoms with E-state index in [-0.39, 0.29) is 4.90 Å². The molecule has 4 aromatic carbocycles. The molecule has 0 saturated carbocycles. The molecule has 0 saturated heterocycles. The number of nitrogens with zero attached hydrogens (tertiary/aromatic N) is 1. The van der Waals surface area contributed by atoms with Gasteiger partial charge in [-0.15, -0.1) is 0 Å². The molecule has 1 atom stereocenters. The quantitative estimate of drug-likeness (QED) is 0.318. The number of aryl methyl sites for hydroxylation is 2. The van der Waals surface area contributed by atoms with E-state index in [9.17, 15) is 21.6 Å². The van der Waals surface area contributed by atoms with Gasteiger partial charge in [0, 0.05) is 11.1 Å². The Balaban J connectivity index is 1.53. The molecule has 4 aromatic rings. The summed E-state index contributed by atoms with van der Waals surface area (Å²) in [4.78, 5) is 13.1. The Kier molecular flexibility index (Phi) is 7.48. The van der Waals surface area contributed by atoms with Crippen LogP contribution in [0, 0.1) is 13.8 Å². The van der Waals surface area contributed by atoms with Crippen molar-refractivity contribution in [2.75, 3.05) is 20.6 Å². The maximum absolute atomic E-state index is 13.1. The van der Waals surface area contributed by atoms with E-state index in [4.69, 9.17) is 0 Å².